The highest BCUT2D eigenvalue weighted by molar-refractivity contribution is 7.89. The van der Waals surface area contributed by atoms with Gasteiger partial charge in [-0.1, -0.05) is 18.2 Å². The van der Waals surface area contributed by atoms with E-state index in [-0.39, 0.29) is 16.1 Å². The highest BCUT2D eigenvalue weighted by atomic mass is 32.2. The lowest BCUT2D eigenvalue weighted by atomic mass is 10.1. The fraction of sp³-hybridized carbons (Fsp3) is 0.294. The van der Waals surface area contributed by atoms with Gasteiger partial charge in [0.05, 0.1) is 16.4 Å². The summed E-state index contributed by atoms with van der Waals surface area (Å²) >= 11 is 0. The Morgan fingerprint density at radius 3 is 2.40 bits per heavy atom. The van der Waals surface area contributed by atoms with Gasteiger partial charge >= 0.3 is 0 Å². The van der Waals surface area contributed by atoms with Crippen LogP contribution in [0.15, 0.2) is 47.4 Å². The van der Waals surface area contributed by atoms with Crippen LogP contribution in [0.3, 0.4) is 0 Å². The van der Waals surface area contributed by atoms with E-state index in [0.29, 0.717) is 12.4 Å². The summed E-state index contributed by atoms with van der Waals surface area (Å²) in [5, 5.41) is 11.0. The first-order chi connectivity index (χ1) is 11.8. The Balaban J connectivity index is 2.26. The van der Waals surface area contributed by atoms with Crippen LogP contribution in [0.4, 0.5) is 5.69 Å². The first kappa shape index (κ1) is 18.9. The van der Waals surface area contributed by atoms with Gasteiger partial charge in [0, 0.05) is 17.7 Å². The molecular weight excluding hydrogens is 344 g/mol. The third-order valence-corrected chi connectivity index (χ3v) is 5.45. The van der Waals surface area contributed by atoms with E-state index in [9.17, 15) is 18.5 Å². The minimum atomic E-state index is -3.90. The Labute approximate surface area is 146 Å². The Morgan fingerprint density at radius 1 is 1.20 bits per heavy atom. The van der Waals surface area contributed by atoms with Crippen LogP contribution in [0.1, 0.15) is 31.0 Å². The van der Waals surface area contributed by atoms with E-state index < -0.39 is 21.0 Å². The first-order valence-electron chi connectivity index (χ1n) is 7.75. The molecule has 1 unspecified atom stereocenters. The maximum Gasteiger partial charge on any atom is 0.273 e. The molecule has 7 nitrogen and oxygen atoms in total. The third-order valence-electron chi connectivity index (χ3n) is 3.76. The molecule has 2 aromatic rings. The molecule has 1 atom stereocenters. The monoisotopic (exact) mass is 364 g/mol. The fourth-order valence-corrected chi connectivity index (χ4v) is 3.97. The molecule has 8 heteroatoms. The summed E-state index contributed by atoms with van der Waals surface area (Å²) in [5.41, 5.74) is 0.644. The zero-order valence-corrected chi connectivity index (χ0v) is 15.0. The van der Waals surface area contributed by atoms with Crippen LogP contribution in [-0.2, 0) is 10.0 Å². The van der Waals surface area contributed by atoms with Gasteiger partial charge in [-0.3, -0.25) is 10.1 Å². The van der Waals surface area contributed by atoms with Gasteiger partial charge in [0.1, 0.15) is 5.75 Å². The lowest BCUT2D eigenvalue weighted by Crippen LogP contribution is -2.27. The highest BCUT2D eigenvalue weighted by Crippen LogP contribution is 2.26. The molecular formula is C17H20N2O5S. The topological polar surface area (TPSA) is 98.5 Å². The van der Waals surface area contributed by atoms with Gasteiger partial charge < -0.3 is 4.74 Å². The number of nitrogens with zero attached hydrogens (tertiary/aromatic N) is 1. The highest BCUT2D eigenvalue weighted by Gasteiger charge is 2.24. The summed E-state index contributed by atoms with van der Waals surface area (Å²) in [7, 11) is -3.90. The van der Waals surface area contributed by atoms with Gasteiger partial charge in [-0.15, -0.1) is 0 Å². The van der Waals surface area contributed by atoms with Crippen LogP contribution >= 0.6 is 0 Å². The average molecular weight is 364 g/mol. The van der Waals surface area contributed by atoms with E-state index in [1.54, 1.807) is 31.2 Å². The second-order valence-electron chi connectivity index (χ2n) is 5.50. The Morgan fingerprint density at radius 2 is 1.84 bits per heavy atom. The van der Waals surface area contributed by atoms with E-state index in [0.717, 1.165) is 5.56 Å². The van der Waals surface area contributed by atoms with Crippen molar-refractivity contribution in [2.45, 2.75) is 31.7 Å². The van der Waals surface area contributed by atoms with Crippen LogP contribution in [-0.4, -0.2) is 19.9 Å². The predicted molar refractivity (Wildman–Crippen MR) is 94.2 cm³/mol. The predicted octanol–water partition coefficient (Wildman–Crippen LogP) is 3.34. The van der Waals surface area contributed by atoms with Crippen molar-refractivity contribution in [3.05, 3.63) is 63.7 Å². The molecule has 0 bridgehead atoms. The molecule has 0 aliphatic heterocycles. The quantitative estimate of drug-likeness (QED) is 0.600. The standard InChI is InChI=1S/C17H20N2O5S/c1-4-24-15-10-8-14(9-11-15)13(3)18-25(22,23)17-7-5-6-16(12(17)2)19(20)21/h5-11,13,18H,4H2,1-3H3. The van der Waals surface area contributed by atoms with E-state index in [1.807, 2.05) is 6.92 Å². The second kappa shape index (κ2) is 7.62. The van der Waals surface area contributed by atoms with Crippen molar-refractivity contribution < 1.29 is 18.1 Å². The fourth-order valence-electron chi connectivity index (χ4n) is 2.48. The molecule has 0 fully saturated rings. The number of hydrogen-bond acceptors (Lipinski definition) is 5. The van der Waals surface area contributed by atoms with E-state index >= 15 is 0 Å². The molecule has 0 aromatic heterocycles. The Hall–Kier alpha value is -2.45. The molecule has 0 amide bonds. The molecule has 0 aliphatic rings. The third kappa shape index (κ3) is 4.34. The Kier molecular flexibility index (Phi) is 5.76. The van der Waals surface area contributed by atoms with Gasteiger partial charge in [-0.2, -0.15) is 0 Å². The molecule has 0 radical (unpaired) electrons. The van der Waals surface area contributed by atoms with Crippen LogP contribution < -0.4 is 9.46 Å². The molecule has 1 N–H and O–H groups in total. The number of sulfonamides is 1. The van der Waals surface area contributed by atoms with Crippen LogP contribution in [0.5, 0.6) is 5.75 Å². The Bertz CT molecular complexity index is 863. The summed E-state index contributed by atoms with van der Waals surface area (Å²) in [5.74, 6) is 0.704. The molecule has 2 rings (SSSR count). The largest absolute Gasteiger partial charge is 0.494 e. The maximum atomic E-state index is 12.6. The van der Waals surface area contributed by atoms with Gasteiger partial charge in [0.15, 0.2) is 0 Å². The van der Waals surface area contributed by atoms with E-state index in [2.05, 4.69) is 4.72 Å². The van der Waals surface area contributed by atoms with Gasteiger partial charge in [0.2, 0.25) is 10.0 Å². The van der Waals surface area contributed by atoms with Crippen molar-refractivity contribution >= 4 is 15.7 Å². The molecule has 0 aliphatic carbocycles. The van der Waals surface area contributed by atoms with Crippen molar-refractivity contribution in [1.29, 1.82) is 0 Å². The van der Waals surface area contributed by atoms with Crippen molar-refractivity contribution in [2.75, 3.05) is 6.61 Å². The lowest BCUT2D eigenvalue weighted by molar-refractivity contribution is -0.385. The van der Waals surface area contributed by atoms with Gasteiger partial charge in [-0.25, -0.2) is 13.1 Å². The summed E-state index contributed by atoms with van der Waals surface area (Å²) in [6.07, 6.45) is 0. The van der Waals surface area contributed by atoms with Crippen LogP contribution in [0, 0.1) is 17.0 Å². The molecule has 2 aromatic carbocycles. The molecule has 0 heterocycles. The molecule has 0 saturated heterocycles. The minimum Gasteiger partial charge on any atom is -0.494 e. The molecule has 134 valence electrons. The maximum absolute atomic E-state index is 12.6. The summed E-state index contributed by atoms with van der Waals surface area (Å²) in [4.78, 5) is 10.3. The lowest BCUT2D eigenvalue weighted by Gasteiger charge is -2.16. The van der Waals surface area contributed by atoms with Gasteiger partial charge in [0.25, 0.3) is 5.69 Å². The number of nitro groups is 1. The summed E-state index contributed by atoms with van der Waals surface area (Å²) in [6.45, 7) is 5.56. The number of ether oxygens (including phenoxy) is 1. The van der Waals surface area contributed by atoms with Crippen molar-refractivity contribution in [1.82, 2.24) is 4.72 Å². The first-order valence-corrected chi connectivity index (χ1v) is 9.23. The smallest absolute Gasteiger partial charge is 0.273 e. The minimum absolute atomic E-state index is 0.0977. The number of nitro benzene ring substituents is 1. The zero-order chi connectivity index (χ0) is 18.6. The molecule has 0 spiro atoms. The van der Waals surface area contributed by atoms with E-state index in [1.165, 1.54) is 25.1 Å². The van der Waals surface area contributed by atoms with Crippen molar-refractivity contribution in [3.63, 3.8) is 0 Å². The summed E-state index contributed by atoms with van der Waals surface area (Å²) in [6, 6.07) is 10.6. The SMILES string of the molecule is CCOc1ccc(C(C)NS(=O)(=O)c2cccc([N+](=O)[O-])c2C)cc1. The number of nitrogens with one attached hydrogen (secondary N) is 1. The average Bonchev–Trinajstić information content (AvgIpc) is 2.55. The number of benzene rings is 2. The van der Waals surface area contributed by atoms with Crippen molar-refractivity contribution in [3.8, 4) is 5.75 Å². The number of hydrogen-bond donors (Lipinski definition) is 1. The zero-order valence-electron chi connectivity index (χ0n) is 14.2. The summed E-state index contributed by atoms with van der Waals surface area (Å²) < 4.78 is 33.2. The second-order valence-corrected chi connectivity index (χ2v) is 7.18. The number of rotatable bonds is 7. The van der Waals surface area contributed by atoms with Crippen molar-refractivity contribution in [2.24, 2.45) is 0 Å². The van der Waals surface area contributed by atoms with Gasteiger partial charge in [-0.05, 0) is 44.5 Å². The molecule has 0 saturated carbocycles. The van der Waals surface area contributed by atoms with Crippen LogP contribution in [0.25, 0.3) is 0 Å². The van der Waals surface area contributed by atoms with Crippen LogP contribution in [0.2, 0.25) is 0 Å². The normalized spacial score (nSPS) is 12.6. The van der Waals surface area contributed by atoms with E-state index in [4.69, 9.17) is 4.74 Å². The molecule has 25 heavy (non-hydrogen) atoms.